The van der Waals surface area contributed by atoms with Crippen molar-refractivity contribution in [2.24, 2.45) is 5.73 Å². The molecule has 16 heavy (non-hydrogen) atoms. The SMILES string of the molecule is C[C@H](NC(=O)CCCN)c1cccc(Cl)c1. The maximum Gasteiger partial charge on any atom is 0.220 e. The van der Waals surface area contributed by atoms with E-state index in [4.69, 9.17) is 17.3 Å². The Morgan fingerprint density at radius 1 is 1.56 bits per heavy atom. The van der Waals surface area contributed by atoms with E-state index in [1.807, 2.05) is 31.2 Å². The number of hydrogen-bond acceptors (Lipinski definition) is 2. The number of nitrogens with two attached hydrogens (primary N) is 1. The van der Waals surface area contributed by atoms with Gasteiger partial charge < -0.3 is 11.1 Å². The van der Waals surface area contributed by atoms with E-state index in [0.29, 0.717) is 24.4 Å². The van der Waals surface area contributed by atoms with Crippen LogP contribution in [0.2, 0.25) is 5.02 Å². The molecule has 1 aromatic rings. The lowest BCUT2D eigenvalue weighted by Crippen LogP contribution is -2.26. The third kappa shape index (κ3) is 4.21. The van der Waals surface area contributed by atoms with Crippen LogP contribution in [0.3, 0.4) is 0 Å². The second kappa shape index (κ2) is 6.51. The van der Waals surface area contributed by atoms with Gasteiger partial charge in [0.1, 0.15) is 0 Å². The minimum atomic E-state index is -0.0241. The van der Waals surface area contributed by atoms with Crippen molar-refractivity contribution in [3.63, 3.8) is 0 Å². The Hall–Kier alpha value is -1.06. The number of benzene rings is 1. The Balaban J connectivity index is 2.52. The van der Waals surface area contributed by atoms with E-state index < -0.39 is 0 Å². The first kappa shape index (κ1) is 13.0. The highest BCUT2D eigenvalue weighted by atomic mass is 35.5. The van der Waals surface area contributed by atoms with Crippen LogP contribution in [0.4, 0.5) is 0 Å². The standard InChI is InChI=1S/C12H17ClN2O/c1-9(15-12(16)6-3-7-14)10-4-2-5-11(13)8-10/h2,4-5,8-9H,3,6-7,14H2,1H3,(H,15,16)/t9-/m0/s1. The van der Waals surface area contributed by atoms with Crippen molar-refractivity contribution < 1.29 is 4.79 Å². The Kier molecular flexibility index (Phi) is 5.29. The van der Waals surface area contributed by atoms with Crippen molar-refractivity contribution in [3.05, 3.63) is 34.9 Å². The van der Waals surface area contributed by atoms with Gasteiger partial charge in [0.05, 0.1) is 6.04 Å². The number of carbonyl (C=O) groups is 1. The van der Waals surface area contributed by atoms with Gasteiger partial charge in [-0.25, -0.2) is 0 Å². The molecule has 1 rings (SSSR count). The topological polar surface area (TPSA) is 55.1 Å². The van der Waals surface area contributed by atoms with Crippen LogP contribution in [-0.4, -0.2) is 12.5 Å². The Morgan fingerprint density at radius 2 is 2.31 bits per heavy atom. The molecule has 1 amide bonds. The van der Waals surface area contributed by atoms with Crippen LogP contribution in [0.25, 0.3) is 0 Å². The molecule has 0 saturated heterocycles. The smallest absolute Gasteiger partial charge is 0.220 e. The third-order valence-corrected chi connectivity index (χ3v) is 2.57. The number of amides is 1. The quantitative estimate of drug-likeness (QED) is 0.830. The summed E-state index contributed by atoms with van der Waals surface area (Å²) in [5.41, 5.74) is 6.35. The van der Waals surface area contributed by atoms with Crippen LogP contribution < -0.4 is 11.1 Å². The first-order valence-corrected chi connectivity index (χ1v) is 5.76. The molecule has 0 bridgehead atoms. The summed E-state index contributed by atoms with van der Waals surface area (Å²) in [5.74, 6) is 0.0259. The summed E-state index contributed by atoms with van der Waals surface area (Å²) in [5, 5.41) is 3.59. The van der Waals surface area contributed by atoms with Crippen molar-refractivity contribution in [3.8, 4) is 0 Å². The van der Waals surface area contributed by atoms with Crippen LogP contribution in [-0.2, 0) is 4.79 Å². The van der Waals surface area contributed by atoms with Gasteiger partial charge in [-0.05, 0) is 37.6 Å². The van der Waals surface area contributed by atoms with E-state index in [0.717, 1.165) is 5.56 Å². The highest BCUT2D eigenvalue weighted by molar-refractivity contribution is 6.30. The van der Waals surface area contributed by atoms with Crippen LogP contribution in [0.5, 0.6) is 0 Å². The normalized spacial score (nSPS) is 12.2. The molecule has 1 atom stereocenters. The maximum atomic E-state index is 11.5. The maximum absolute atomic E-state index is 11.5. The van der Waals surface area contributed by atoms with Gasteiger partial charge in [-0.1, -0.05) is 23.7 Å². The summed E-state index contributed by atoms with van der Waals surface area (Å²) in [7, 11) is 0. The van der Waals surface area contributed by atoms with Gasteiger partial charge in [0, 0.05) is 11.4 Å². The number of rotatable bonds is 5. The molecule has 0 heterocycles. The van der Waals surface area contributed by atoms with E-state index in [2.05, 4.69) is 5.32 Å². The molecular weight excluding hydrogens is 224 g/mol. The number of nitrogens with one attached hydrogen (secondary N) is 1. The Labute approximate surface area is 101 Å². The Morgan fingerprint density at radius 3 is 2.94 bits per heavy atom. The minimum Gasteiger partial charge on any atom is -0.350 e. The molecule has 0 aliphatic heterocycles. The molecule has 0 fully saturated rings. The minimum absolute atomic E-state index is 0.0241. The lowest BCUT2D eigenvalue weighted by molar-refractivity contribution is -0.121. The van der Waals surface area contributed by atoms with E-state index in [9.17, 15) is 4.79 Å². The van der Waals surface area contributed by atoms with Gasteiger partial charge in [0.15, 0.2) is 0 Å². The largest absolute Gasteiger partial charge is 0.350 e. The molecule has 3 nitrogen and oxygen atoms in total. The highest BCUT2D eigenvalue weighted by Crippen LogP contribution is 2.17. The van der Waals surface area contributed by atoms with Crippen molar-refractivity contribution in [1.82, 2.24) is 5.32 Å². The van der Waals surface area contributed by atoms with E-state index in [1.165, 1.54) is 0 Å². The molecule has 0 saturated carbocycles. The van der Waals surface area contributed by atoms with Crippen molar-refractivity contribution in [2.45, 2.75) is 25.8 Å². The van der Waals surface area contributed by atoms with Gasteiger partial charge in [-0.15, -0.1) is 0 Å². The van der Waals surface area contributed by atoms with E-state index in [1.54, 1.807) is 0 Å². The predicted octanol–water partition coefficient (Wildman–Crippen LogP) is 2.26. The van der Waals surface area contributed by atoms with Gasteiger partial charge >= 0.3 is 0 Å². The van der Waals surface area contributed by atoms with Crippen LogP contribution in [0.15, 0.2) is 24.3 Å². The molecule has 88 valence electrons. The zero-order chi connectivity index (χ0) is 12.0. The molecule has 4 heteroatoms. The molecule has 0 spiro atoms. The van der Waals surface area contributed by atoms with Gasteiger partial charge in [0.25, 0.3) is 0 Å². The molecule has 1 aromatic carbocycles. The first-order valence-electron chi connectivity index (χ1n) is 5.38. The molecule has 0 aromatic heterocycles. The molecule has 0 aliphatic carbocycles. The third-order valence-electron chi connectivity index (χ3n) is 2.33. The number of hydrogen-bond donors (Lipinski definition) is 2. The van der Waals surface area contributed by atoms with Crippen LogP contribution >= 0.6 is 11.6 Å². The highest BCUT2D eigenvalue weighted by Gasteiger charge is 2.08. The fourth-order valence-electron chi connectivity index (χ4n) is 1.44. The number of halogens is 1. The predicted molar refractivity (Wildman–Crippen MR) is 66.3 cm³/mol. The number of carbonyl (C=O) groups excluding carboxylic acids is 1. The van der Waals surface area contributed by atoms with Crippen molar-refractivity contribution in [1.29, 1.82) is 0 Å². The molecule has 3 N–H and O–H groups in total. The van der Waals surface area contributed by atoms with E-state index >= 15 is 0 Å². The van der Waals surface area contributed by atoms with Crippen molar-refractivity contribution in [2.75, 3.05) is 6.54 Å². The molecule has 0 unspecified atom stereocenters. The monoisotopic (exact) mass is 240 g/mol. The summed E-state index contributed by atoms with van der Waals surface area (Å²) in [4.78, 5) is 11.5. The second-order valence-electron chi connectivity index (χ2n) is 3.74. The molecule has 0 radical (unpaired) electrons. The Bertz CT molecular complexity index is 355. The van der Waals surface area contributed by atoms with Crippen molar-refractivity contribution >= 4 is 17.5 Å². The fourth-order valence-corrected chi connectivity index (χ4v) is 1.63. The van der Waals surface area contributed by atoms with Crippen LogP contribution in [0, 0.1) is 0 Å². The van der Waals surface area contributed by atoms with Gasteiger partial charge in [-0.2, -0.15) is 0 Å². The molecular formula is C12H17ClN2O. The zero-order valence-corrected chi connectivity index (χ0v) is 10.1. The molecule has 0 aliphatic rings. The average Bonchev–Trinajstić information content (AvgIpc) is 2.26. The summed E-state index contributed by atoms with van der Waals surface area (Å²) in [6.45, 7) is 2.48. The summed E-state index contributed by atoms with van der Waals surface area (Å²) in [6, 6.07) is 7.47. The lowest BCUT2D eigenvalue weighted by atomic mass is 10.1. The average molecular weight is 241 g/mol. The van der Waals surface area contributed by atoms with Gasteiger partial charge in [0.2, 0.25) is 5.91 Å². The lowest BCUT2D eigenvalue weighted by Gasteiger charge is -2.14. The summed E-state index contributed by atoms with van der Waals surface area (Å²) >= 11 is 5.88. The fraction of sp³-hybridized carbons (Fsp3) is 0.417. The van der Waals surface area contributed by atoms with E-state index in [-0.39, 0.29) is 11.9 Å². The van der Waals surface area contributed by atoms with Crippen LogP contribution in [0.1, 0.15) is 31.4 Å². The second-order valence-corrected chi connectivity index (χ2v) is 4.17. The zero-order valence-electron chi connectivity index (χ0n) is 9.37. The summed E-state index contributed by atoms with van der Waals surface area (Å²) < 4.78 is 0. The van der Waals surface area contributed by atoms with Gasteiger partial charge in [-0.3, -0.25) is 4.79 Å². The first-order chi connectivity index (χ1) is 7.63. The summed E-state index contributed by atoms with van der Waals surface area (Å²) in [6.07, 6.45) is 1.19.